The van der Waals surface area contributed by atoms with Gasteiger partial charge >= 0.3 is 0 Å². The summed E-state index contributed by atoms with van der Waals surface area (Å²) in [7, 11) is -3.60. The predicted octanol–water partition coefficient (Wildman–Crippen LogP) is 3.55. The van der Waals surface area contributed by atoms with E-state index in [9.17, 15) is 18.0 Å². The van der Waals surface area contributed by atoms with Gasteiger partial charge in [0.1, 0.15) is 0 Å². The number of nitrogens with one attached hydrogen (secondary N) is 1. The van der Waals surface area contributed by atoms with Crippen molar-refractivity contribution in [3.05, 3.63) is 58.6 Å². The van der Waals surface area contributed by atoms with E-state index in [1.165, 1.54) is 6.07 Å². The summed E-state index contributed by atoms with van der Waals surface area (Å²) in [4.78, 5) is 26.2. The van der Waals surface area contributed by atoms with Gasteiger partial charge in [-0.3, -0.25) is 9.59 Å². The van der Waals surface area contributed by atoms with Crippen LogP contribution in [0.25, 0.3) is 0 Å². The number of fused-ring (bicyclic) bond motifs is 1. The molecule has 0 fully saturated rings. The average Bonchev–Trinajstić information content (AvgIpc) is 3.08. The van der Waals surface area contributed by atoms with Crippen molar-refractivity contribution < 1.29 is 18.0 Å². The van der Waals surface area contributed by atoms with Crippen LogP contribution in [0.15, 0.2) is 47.4 Å². The highest BCUT2D eigenvalue weighted by molar-refractivity contribution is 7.91. The second kappa shape index (κ2) is 9.83. The first kappa shape index (κ1) is 23.3. The first-order chi connectivity index (χ1) is 14.7. The van der Waals surface area contributed by atoms with E-state index in [2.05, 4.69) is 5.32 Å². The Morgan fingerprint density at radius 2 is 1.87 bits per heavy atom. The summed E-state index contributed by atoms with van der Waals surface area (Å²) in [5, 5.41) is 3.42. The largest absolute Gasteiger partial charge is 0.356 e. The molecule has 8 heteroatoms. The second-order valence-corrected chi connectivity index (χ2v) is 10.3. The second-order valence-electron chi connectivity index (χ2n) is 7.76. The molecule has 0 saturated heterocycles. The topological polar surface area (TPSA) is 83.6 Å². The van der Waals surface area contributed by atoms with E-state index in [1.807, 2.05) is 26.0 Å². The van der Waals surface area contributed by atoms with Gasteiger partial charge in [0.05, 0.1) is 10.6 Å². The van der Waals surface area contributed by atoms with Crippen molar-refractivity contribution in [3.8, 4) is 0 Å². The minimum Gasteiger partial charge on any atom is -0.356 e. The van der Waals surface area contributed by atoms with Crippen LogP contribution in [0.3, 0.4) is 0 Å². The molecule has 1 unspecified atom stereocenters. The first-order valence-electron chi connectivity index (χ1n) is 10.4. The van der Waals surface area contributed by atoms with Gasteiger partial charge in [-0.25, -0.2) is 8.42 Å². The van der Waals surface area contributed by atoms with Gasteiger partial charge in [-0.15, -0.1) is 0 Å². The van der Waals surface area contributed by atoms with Crippen LogP contribution in [0, 0.1) is 0 Å². The van der Waals surface area contributed by atoms with Crippen molar-refractivity contribution in [1.29, 1.82) is 0 Å². The number of halogens is 1. The molecule has 1 heterocycles. The Bertz CT molecular complexity index is 1070. The van der Waals surface area contributed by atoms with E-state index in [-0.39, 0.29) is 34.9 Å². The van der Waals surface area contributed by atoms with Gasteiger partial charge < -0.3 is 10.2 Å². The van der Waals surface area contributed by atoms with Crippen LogP contribution in [0.2, 0.25) is 5.02 Å². The third kappa shape index (κ3) is 5.66. The summed E-state index contributed by atoms with van der Waals surface area (Å²) in [6, 6.07) is 12.2. The number of carbonyl (C=O) groups is 2. The number of hydrogen-bond acceptors (Lipinski definition) is 4. The lowest BCUT2D eigenvalue weighted by Crippen LogP contribution is -2.35. The van der Waals surface area contributed by atoms with Crippen molar-refractivity contribution in [2.75, 3.05) is 17.2 Å². The molecule has 0 spiro atoms. The van der Waals surface area contributed by atoms with Gasteiger partial charge in [-0.05, 0) is 61.2 Å². The maximum atomic E-state index is 12.7. The van der Waals surface area contributed by atoms with E-state index < -0.39 is 9.84 Å². The summed E-state index contributed by atoms with van der Waals surface area (Å²) >= 11 is 5.85. The van der Waals surface area contributed by atoms with Crippen LogP contribution >= 0.6 is 11.6 Å². The van der Waals surface area contributed by atoms with Gasteiger partial charge in [0.15, 0.2) is 9.84 Å². The van der Waals surface area contributed by atoms with Crippen LogP contribution in [0.1, 0.15) is 37.8 Å². The molecular formula is C23H27ClN2O4S. The standard InChI is InChI=1S/C23H27ClN2O4S/c1-3-23(28)26-16(2)14-18-15-20(8-9-21(18)26)31(29,30)13-11-22(27)25-12-10-17-4-6-19(24)7-5-17/h4-9,15-16H,3,10-14H2,1-2H3,(H,25,27). The monoisotopic (exact) mass is 462 g/mol. The van der Waals surface area contributed by atoms with Gasteiger partial charge in [0.25, 0.3) is 0 Å². The predicted molar refractivity (Wildman–Crippen MR) is 122 cm³/mol. The minimum atomic E-state index is -3.60. The molecule has 1 aliphatic heterocycles. The molecule has 0 saturated carbocycles. The molecule has 2 aromatic carbocycles. The summed E-state index contributed by atoms with van der Waals surface area (Å²) in [5.41, 5.74) is 2.67. The maximum absolute atomic E-state index is 12.7. The number of carbonyl (C=O) groups excluding carboxylic acids is 2. The highest BCUT2D eigenvalue weighted by atomic mass is 35.5. The molecule has 6 nitrogen and oxygen atoms in total. The fourth-order valence-electron chi connectivity index (χ4n) is 3.78. The lowest BCUT2D eigenvalue weighted by molar-refractivity contribution is -0.120. The fraction of sp³-hybridized carbons (Fsp3) is 0.391. The third-order valence-electron chi connectivity index (χ3n) is 5.44. The van der Waals surface area contributed by atoms with Crippen molar-refractivity contribution >= 4 is 38.9 Å². The Labute approximate surface area is 188 Å². The SMILES string of the molecule is CCC(=O)N1c2ccc(S(=O)(=O)CCC(=O)NCCc3ccc(Cl)cc3)cc2CC1C. The number of anilines is 1. The number of sulfone groups is 1. The Morgan fingerprint density at radius 1 is 1.16 bits per heavy atom. The van der Waals surface area contributed by atoms with Gasteiger partial charge in [-0.2, -0.15) is 0 Å². The molecule has 0 aliphatic carbocycles. The molecular weight excluding hydrogens is 436 g/mol. The molecule has 1 N–H and O–H groups in total. The highest BCUT2D eigenvalue weighted by Gasteiger charge is 2.31. The summed E-state index contributed by atoms with van der Waals surface area (Å²) in [5.74, 6) is -0.532. The van der Waals surface area contributed by atoms with E-state index in [4.69, 9.17) is 11.6 Å². The van der Waals surface area contributed by atoms with E-state index in [0.29, 0.717) is 30.8 Å². The zero-order chi connectivity index (χ0) is 22.6. The van der Waals surface area contributed by atoms with E-state index in [1.54, 1.807) is 29.2 Å². The fourth-order valence-corrected chi connectivity index (χ4v) is 5.19. The lowest BCUT2D eigenvalue weighted by atomic mass is 10.1. The molecule has 1 atom stereocenters. The van der Waals surface area contributed by atoms with Gasteiger partial charge in [-0.1, -0.05) is 30.7 Å². The Kier molecular flexibility index (Phi) is 7.38. The zero-order valence-electron chi connectivity index (χ0n) is 17.7. The van der Waals surface area contributed by atoms with E-state index in [0.717, 1.165) is 16.8 Å². The Morgan fingerprint density at radius 3 is 2.55 bits per heavy atom. The third-order valence-corrected chi connectivity index (χ3v) is 7.41. The van der Waals surface area contributed by atoms with Crippen molar-refractivity contribution in [2.24, 2.45) is 0 Å². The summed E-state index contributed by atoms with van der Waals surface area (Å²) < 4.78 is 25.5. The number of benzene rings is 2. The Balaban J connectivity index is 1.56. The highest BCUT2D eigenvalue weighted by Crippen LogP contribution is 2.34. The minimum absolute atomic E-state index is 0.00632. The molecule has 2 aromatic rings. The number of nitrogens with zero attached hydrogens (tertiary/aromatic N) is 1. The van der Waals surface area contributed by atoms with Crippen molar-refractivity contribution in [3.63, 3.8) is 0 Å². The normalized spacial score (nSPS) is 15.6. The van der Waals surface area contributed by atoms with E-state index >= 15 is 0 Å². The van der Waals surface area contributed by atoms with Crippen LogP contribution in [0.4, 0.5) is 5.69 Å². The molecule has 2 amide bonds. The molecule has 0 aromatic heterocycles. The molecule has 31 heavy (non-hydrogen) atoms. The van der Waals surface area contributed by atoms with Crippen LogP contribution in [-0.4, -0.2) is 38.6 Å². The summed E-state index contributed by atoms with van der Waals surface area (Å²) in [6.45, 7) is 4.20. The smallest absolute Gasteiger partial charge is 0.226 e. The summed E-state index contributed by atoms with van der Waals surface area (Å²) in [6.07, 6.45) is 1.56. The Hall–Kier alpha value is -2.38. The zero-order valence-corrected chi connectivity index (χ0v) is 19.3. The van der Waals surface area contributed by atoms with Crippen LogP contribution in [-0.2, 0) is 32.3 Å². The number of amides is 2. The molecule has 3 rings (SSSR count). The molecule has 166 valence electrons. The van der Waals surface area contributed by atoms with Gasteiger partial charge in [0, 0.05) is 36.1 Å². The molecule has 0 bridgehead atoms. The van der Waals surface area contributed by atoms with Crippen LogP contribution in [0.5, 0.6) is 0 Å². The maximum Gasteiger partial charge on any atom is 0.226 e. The molecule has 0 radical (unpaired) electrons. The lowest BCUT2D eigenvalue weighted by Gasteiger charge is -2.22. The quantitative estimate of drug-likeness (QED) is 0.650. The first-order valence-corrected chi connectivity index (χ1v) is 12.4. The van der Waals surface area contributed by atoms with Crippen molar-refractivity contribution in [1.82, 2.24) is 5.32 Å². The van der Waals surface area contributed by atoms with Gasteiger partial charge in [0.2, 0.25) is 11.8 Å². The van der Waals surface area contributed by atoms with Crippen LogP contribution < -0.4 is 10.2 Å². The average molecular weight is 463 g/mol. The van der Waals surface area contributed by atoms with Crippen molar-refractivity contribution in [2.45, 2.75) is 50.5 Å². The number of hydrogen-bond donors (Lipinski definition) is 1. The number of rotatable bonds is 8. The molecule has 1 aliphatic rings.